The first kappa shape index (κ1) is 21.0. The Kier molecular flexibility index (Phi) is 5.26. The third-order valence-corrected chi connectivity index (χ3v) is 7.46. The van der Waals surface area contributed by atoms with Crippen molar-refractivity contribution in [1.29, 1.82) is 0 Å². The predicted octanol–water partition coefficient (Wildman–Crippen LogP) is 4.74. The van der Waals surface area contributed by atoms with Gasteiger partial charge >= 0.3 is 6.18 Å². The van der Waals surface area contributed by atoms with E-state index in [2.05, 4.69) is 4.72 Å². The molecule has 0 bridgehead atoms. The van der Waals surface area contributed by atoms with Crippen molar-refractivity contribution in [3.8, 4) is 0 Å². The molecule has 2 aliphatic rings. The molecule has 0 aromatic heterocycles. The number of amides is 1. The van der Waals surface area contributed by atoms with Gasteiger partial charge in [-0.25, -0.2) is 8.42 Å². The van der Waals surface area contributed by atoms with Gasteiger partial charge in [0.25, 0.3) is 10.0 Å². The monoisotopic (exact) mass is 456 g/mol. The molecule has 1 fully saturated rings. The van der Waals surface area contributed by atoms with Crippen molar-refractivity contribution in [3.05, 3.63) is 48.0 Å². The number of benzene rings is 2. The molecule has 1 saturated carbocycles. The van der Waals surface area contributed by atoms with E-state index in [4.69, 9.17) is 0 Å². The van der Waals surface area contributed by atoms with E-state index in [1.165, 1.54) is 18.2 Å². The number of carbonyl (C=O) groups excluding carboxylic acids is 1. The minimum Gasteiger partial charge on any atom is -0.310 e. The van der Waals surface area contributed by atoms with Crippen LogP contribution < -0.4 is 9.62 Å². The van der Waals surface area contributed by atoms with Crippen LogP contribution in [0.3, 0.4) is 0 Å². The van der Waals surface area contributed by atoms with Crippen LogP contribution in [0.1, 0.15) is 25.3 Å². The van der Waals surface area contributed by atoms with Crippen LogP contribution in [0.5, 0.6) is 0 Å². The standard InChI is InChI=1S/C20H19F3N2O3S2/c1-12-11-25(19(26)13-5-6-13)17-10-16(7-8-18(17)29-12)30(27,28)24-15-4-2-3-14(9-15)20(21,22)23/h2-4,7-10,12-13,24H,5-6,11H2,1H3/t12-/m0/s1. The third-order valence-electron chi connectivity index (χ3n) is 4.93. The zero-order valence-corrected chi connectivity index (χ0v) is 17.6. The number of hydrogen-bond acceptors (Lipinski definition) is 4. The highest BCUT2D eigenvalue weighted by molar-refractivity contribution is 8.00. The molecule has 1 heterocycles. The number of anilines is 2. The molecule has 1 aliphatic carbocycles. The summed E-state index contributed by atoms with van der Waals surface area (Å²) in [6, 6.07) is 8.48. The van der Waals surface area contributed by atoms with Gasteiger partial charge in [0, 0.05) is 28.3 Å². The van der Waals surface area contributed by atoms with E-state index in [0.717, 1.165) is 35.9 Å². The Morgan fingerprint density at radius 2 is 1.90 bits per heavy atom. The van der Waals surface area contributed by atoms with Crippen molar-refractivity contribution < 1.29 is 26.4 Å². The number of nitrogens with one attached hydrogen (secondary N) is 1. The average molecular weight is 457 g/mol. The van der Waals surface area contributed by atoms with Crippen molar-refractivity contribution in [2.75, 3.05) is 16.2 Å². The summed E-state index contributed by atoms with van der Waals surface area (Å²) in [6.45, 7) is 2.48. The molecule has 160 valence electrons. The van der Waals surface area contributed by atoms with Gasteiger partial charge in [-0.1, -0.05) is 13.0 Å². The number of nitrogens with zero attached hydrogens (tertiary/aromatic N) is 1. The highest BCUT2D eigenvalue weighted by atomic mass is 32.2. The van der Waals surface area contributed by atoms with Gasteiger partial charge in [0.2, 0.25) is 5.91 Å². The molecule has 0 unspecified atom stereocenters. The molecule has 0 spiro atoms. The second kappa shape index (κ2) is 7.49. The minimum absolute atomic E-state index is 0.0104. The lowest BCUT2D eigenvalue weighted by Crippen LogP contribution is -2.39. The highest BCUT2D eigenvalue weighted by Crippen LogP contribution is 2.42. The van der Waals surface area contributed by atoms with Gasteiger partial charge in [-0.3, -0.25) is 9.52 Å². The Bertz CT molecular complexity index is 1100. The van der Waals surface area contributed by atoms with Crippen LogP contribution in [0.2, 0.25) is 0 Å². The number of carbonyl (C=O) groups is 1. The normalized spacial score (nSPS) is 19.3. The van der Waals surface area contributed by atoms with Crippen molar-refractivity contribution in [2.24, 2.45) is 5.92 Å². The highest BCUT2D eigenvalue weighted by Gasteiger charge is 2.37. The number of halogens is 3. The third kappa shape index (κ3) is 4.29. The first-order chi connectivity index (χ1) is 14.0. The molecule has 10 heteroatoms. The van der Waals surface area contributed by atoms with Gasteiger partial charge in [0.05, 0.1) is 16.1 Å². The fourth-order valence-electron chi connectivity index (χ4n) is 3.32. The van der Waals surface area contributed by atoms with E-state index < -0.39 is 21.8 Å². The summed E-state index contributed by atoms with van der Waals surface area (Å²) in [6.07, 6.45) is -2.91. The smallest absolute Gasteiger partial charge is 0.310 e. The lowest BCUT2D eigenvalue weighted by molar-refractivity contribution is -0.137. The largest absolute Gasteiger partial charge is 0.416 e. The number of sulfonamides is 1. The second-order valence-electron chi connectivity index (χ2n) is 7.47. The zero-order chi connectivity index (χ0) is 21.7. The Balaban J connectivity index is 1.66. The lowest BCUT2D eigenvalue weighted by atomic mass is 10.2. The van der Waals surface area contributed by atoms with Crippen LogP contribution in [0, 0.1) is 5.92 Å². The van der Waals surface area contributed by atoms with E-state index in [-0.39, 0.29) is 27.7 Å². The Labute approximate surface area is 176 Å². The molecule has 0 radical (unpaired) electrons. The van der Waals surface area contributed by atoms with E-state index in [0.29, 0.717) is 12.2 Å². The van der Waals surface area contributed by atoms with Gasteiger partial charge in [0.1, 0.15) is 0 Å². The molecular formula is C20H19F3N2O3S2. The Morgan fingerprint density at radius 1 is 1.17 bits per heavy atom. The minimum atomic E-state index is -4.58. The van der Waals surface area contributed by atoms with Gasteiger partial charge in [0.15, 0.2) is 0 Å². The van der Waals surface area contributed by atoms with Crippen LogP contribution in [0.15, 0.2) is 52.3 Å². The molecule has 1 aliphatic heterocycles. The molecule has 4 rings (SSSR count). The number of thioether (sulfide) groups is 1. The van der Waals surface area contributed by atoms with Gasteiger partial charge < -0.3 is 4.90 Å². The maximum absolute atomic E-state index is 12.9. The summed E-state index contributed by atoms with van der Waals surface area (Å²) in [4.78, 5) is 15.0. The van der Waals surface area contributed by atoms with Crippen LogP contribution in [-0.4, -0.2) is 26.1 Å². The SMILES string of the molecule is C[C@H]1CN(C(=O)C2CC2)c2cc(S(=O)(=O)Nc3cccc(C(F)(F)F)c3)ccc2S1. The molecule has 5 nitrogen and oxygen atoms in total. The summed E-state index contributed by atoms with van der Waals surface area (Å²) in [5, 5.41) is 0.172. The fourth-order valence-corrected chi connectivity index (χ4v) is 5.48. The second-order valence-corrected chi connectivity index (χ2v) is 10.6. The van der Waals surface area contributed by atoms with Gasteiger partial charge in [-0.15, -0.1) is 11.8 Å². The number of alkyl halides is 3. The number of rotatable bonds is 4. The van der Waals surface area contributed by atoms with Crippen molar-refractivity contribution >= 4 is 39.1 Å². The van der Waals surface area contributed by atoms with Crippen molar-refractivity contribution in [3.63, 3.8) is 0 Å². The lowest BCUT2D eigenvalue weighted by Gasteiger charge is -2.33. The van der Waals surface area contributed by atoms with Crippen LogP contribution in [0.25, 0.3) is 0 Å². The van der Waals surface area contributed by atoms with Crippen molar-refractivity contribution in [2.45, 2.75) is 41.0 Å². The van der Waals surface area contributed by atoms with Crippen LogP contribution >= 0.6 is 11.8 Å². The van der Waals surface area contributed by atoms with Crippen LogP contribution in [-0.2, 0) is 21.0 Å². The first-order valence-electron chi connectivity index (χ1n) is 9.37. The molecule has 0 saturated heterocycles. The maximum Gasteiger partial charge on any atom is 0.416 e. The predicted molar refractivity (Wildman–Crippen MR) is 109 cm³/mol. The Hall–Kier alpha value is -2.20. The molecule has 1 amide bonds. The first-order valence-corrected chi connectivity index (χ1v) is 11.7. The maximum atomic E-state index is 12.9. The average Bonchev–Trinajstić information content (AvgIpc) is 3.51. The van der Waals surface area contributed by atoms with Gasteiger partial charge in [-0.05, 0) is 49.2 Å². The topological polar surface area (TPSA) is 66.5 Å². The zero-order valence-electron chi connectivity index (χ0n) is 15.9. The fraction of sp³-hybridized carbons (Fsp3) is 0.350. The van der Waals surface area contributed by atoms with Gasteiger partial charge in [-0.2, -0.15) is 13.2 Å². The molecule has 1 N–H and O–H groups in total. The quantitative estimate of drug-likeness (QED) is 0.722. The molecule has 2 aromatic carbocycles. The number of fused-ring (bicyclic) bond motifs is 1. The molecule has 1 atom stereocenters. The summed E-state index contributed by atoms with van der Waals surface area (Å²) < 4.78 is 66.6. The molecule has 2 aromatic rings. The van der Waals surface area contributed by atoms with E-state index in [1.807, 2.05) is 6.92 Å². The summed E-state index contributed by atoms with van der Waals surface area (Å²) in [5.41, 5.74) is -0.599. The summed E-state index contributed by atoms with van der Waals surface area (Å²) >= 11 is 1.56. The summed E-state index contributed by atoms with van der Waals surface area (Å²) in [7, 11) is -4.14. The molecular weight excluding hydrogens is 437 g/mol. The van der Waals surface area contributed by atoms with E-state index in [9.17, 15) is 26.4 Å². The summed E-state index contributed by atoms with van der Waals surface area (Å²) in [5.74, 6) is -0.0274. The van der Waals surface area contributed by atoms with Crippen molar-refractivity contribution in [1.82, 2.24) is 0 Å². The number of hydrogen-bond donors (Lipinski definition) is 1. The van der Waals surface area contributed by atoms with E-state index in [1.54, 1.807) is 22.7 Å². The van der Waals surface area contributed by atoms with E-state index >= 15 is 0 Å². The Morgan fingerprint density at radius 3 is 2.57 bits per heavy atom. The molecule has 30 heavy (non-hydrogen) atoms. The van der Waals surface area contributed by atoms with Crippen LogP contribution in [0.4, 0.5) is 24.5 Å².